The van der Waals surface area contributed by atoms with Gasteiger partial charge >= 0.3 is 6.03 Å². The van der Waals surface area contributed by atoms with Gasteiger partial charge in [0.05, 0.1) is 5.02 Å². The van der Waals surface area contributed by atoms with Crippen LogP contribution in [0, 0.1) is 12.7 Å². The Balaban J connectivity index is 1.48. The fourth-order valence-electron chi connectivity index (χ4n) is 2.28. The highest BCUT2D eigenvalue weighted by Gasteiger charge is 2.06. The second-order valence-corrected chi connectivity index (χ2v) is 5.95. The molecule has 0 atom stereocenters. The summed E-state index contributed by atoms with van der Waals surface area (Å²) < 4.78 is 14.7. The molecule has 1 aromatic carbocycles. The molecule has 2 aromatic heterocycles. The molecule has 8 nitrogen and oxygen atoms in total. The summed E-state index contributed by atoms with van der Waals surface area (Å²) in [6.07, 6.45) is 3.46. The summed E-state index contributed by atoms with van der Waals surface area (Å²) in [5.74, 6) is 1.33. The molecule has 27 heavy (non-hydrogen) atoms. The SMILES string of the molecule is Cc1nc(NCCNC(=O)Nc2ccc(F)c(Cl)c2)cc(-n2cccn2)n1. The molecule has 3 aromatic rings. The molecular formula is C17H17ClFN7O. The lowest BCUT2D eigenvalue weighted by atomic mass is 10.3. The number of rotatable bonds is 6. The summed E-state index contributed by atoms with van der Waals surface area (Å²) in [4.78, 5) is 20.5. The van der Waals surface area contributed by atoms with Crippen LogP contribution in [0.2, 0.25) is 5.02 Å². The van der Waals surface area contributed by atoms with Crippen LogP contribution in [-0.4, -0.2) is 38.9 Å². The highest BCUT2D eigenvalue weighted by Crippen LogP contribution is 2.19. The summed E-state index contributed by atoms with van der Waals surface area (Å²) in [6.45, 7) is 2.59. The molecule has 0 saturated heterocycles. The molecule has 0 aliphatic heterocycles. The zero-order chi connectivity index (χ0) is 19.2. The number of nitrogens with zero attached hydrogens (tertiary/aromatic N) is 4. The zero-order valence-electron chi connectivity index (χ0n) is 14.4. The molecule has 3 rings (SSSR count). The summed E-state index contributed by atoms with van der Waals surface area (Å²) in [7, 11) is 0. The van der Waals surface area contributed by atoms with Gasteiger partial charge in [-0.05, 0) is 31.2 Å². The van der Waals surface area contributed by atoms with Crippen molar-refractivity contribution >= 4 is 29.1 Å². The number of carbonyl (C=O) groups excluding carboxylic acids is 1. The highest BCUT2D eigenvalue weighted by atomic mass is 35.5. The number of nitrogens with one attached hydrogen (secondary N) is 3. The second-order valence-electron chi connectivity index (χ2n) is 5.55. The Hall–Kier alpha value is -3.20. The van der Waals surface area contributed by atoms with Gasteiger partial charge < -0.3 is 16.0 Å². The van der Waals surface area contributed by atoms with E-state index in [2.05, 4.69) is 31.0 Å². The second kappa shape index (κ2) is 8.45. The van der Waals surface area contributed by atoms with E-state index in [0.29, 0.717) is 36.2 Å². The third-order valence-corrected chi connectivity index (χ3v) is 3.75. The minimum atomic E-state index is -0.540. The minimum Gasteiger partial charge on any atom is -0.368 e. The van der Waals surface area contributed by atoms with E-state index in [1.165, 1.54) is 18.2 Å². The number of urea groups is 1. The van der Waals surface area contributed by atoms with Crippen LogP contribution in [0.15, 0.2) is 42.7 Å². The lowest BCUT2D eigenvalue weighted by Crippen LogP contribution is -2.32. The number of amides is 2. The van der Waals surface area contributed by atoms with E-state index >= 15 is 0 Å². The monoisotopic (exact) mass is 389 g/mol. The smallest absolute Gasteiger partial charge is 0.319 e. The third-order valence-electron chi connectivity index (χ3n) is 3.46. The van der Waals surface area contributed by atoms with Crippen molar-refractivity contribution in [1.82, 2.24) is 25.1 Å². The molecule has 0 aliphatic carbocycles. The van der Waals surface area contributed by atoms with Crippen LogP contribution in [0.5, 0.6) is 0 Å². The van der Waals surface area contributed by atoms with Crippen molar-refractivity contribution in [3.8, 4) is 5.82 Å². The van der Waals surface area contributed by atoms with Crippen LogP contribution in [-0.2, 0) is 0 Å². The maximum Gasteiger partial charge on any atom is 0.319 e. The van der Waals surface area contributed by atoms with E-state index in [1.54, 1.807) is 36.1 Å². The van der Waals surface area contributed by atoms with Crippen molar-refractivity contribution in [3.63, 3.8) is 0 Å². The number of hydrogen-bond acceptors (Lipinski definition) is 5. The molecule has 0 radical (unpaired) electrons. The topological polar surface area (TPSA) is 96.8 Å². The molecule has 140 valence electrons. The van der Waals surface area contributed by atoms with Gasteiger partial charge in [-0.1, -0.05) is 11.6 Å². The van der Waals surface area contributed by atoms with Gasteiger partial charge in [0.1, 0.15) is 17.5 Å². The number of aryl methyl sites for hydroxylation is 1. The van der Waals surface area contributed by atoms with Crippen LogP contribution < -0.4 is 16.0 Å². The van der Waals surface area contributed by atoms with E-state index < -0.39 is 11.8 Å². The molecule has 0 fully saturated rings. The first-order valence-corrected chi connectivity index (χ1v) is 8.48. The van der Waals surface area contributed by atoms with Crippen LogP contribution in [0.3, 0.4) is 0 Å². The van der Waals surface area contributed by atoms with Gasteiger partial charge in [0.25, 0.3) is 0 Å². The van der Waals surface area contributed by atoms with Crippen molar-refractivity contribution in [2.75, 3.05) is 23.7 Å². The Morgan fingerprint density at radius 1 is 1.26 bits per heavy atom. The summed E-state index contributed by atoms with van der Waals surface area (Å²) in [5, 5.41) is 12.5. The van der Waals surface area contributed by atoms with Gasteiger partial charge in [0, 0.05) is 37.2 Å². The quantitative estimate of drug-likeness (QED) is 0.563. The number of carbonyl (C=O) groups is 1. The van der Waals surface area contributed by atoms with Crippen molar-refractivity contribution in [3.05, 3.63) is 59.4 Å². The zero-order valence-corrected chi connectivity index (χ0v) is 15.2. The maximum absolute atomic E-state index is 13.1. The lowest BCUT2D eigenvalue weighted by Gasteiger charge is -2.10. The van der Waals surface area contributed by atoms with E-state index in [4.69, 9.17) is 11.6 Å². The Kier molecular flexibility index (Phi) is 5.82. The van der Waals surface area contributed by atoms with Crippen LogP contribution in [0.1, 0.15) is 5.82 Å². The van der Waals surface area contributed by atoms with Gasteiger partial charge in [-0.2, -0.15) is 5.10 Å². The molecule has 2 amide bonds. The van der Waals surface area contributed by atoms with Crippen molar-refractivity contribution < 1.29 is 9.18 Å². The number of benzene rings is 1. The van der Waals surface area contributed by atoms with Crippen LogP contribution in [0.25, 0.3) is 5.82 Å². The predicted octanol–water partition coefficient (Wildman–Crippen LogP) is 3.00. The summed E-state index contributed by atoms with van der Waals surface area (Å²) in [6, 6.07) is 7.11. The Labute approximate surface area is 159 Å². The molecular weight excluding hydrogens is 373 g/mol. The van der Waals surface area contributed by atoms with Gasteiger partial charge in [-0.3, -0.25) is 0 Å². The molecule has 2 heterocycles. The van der Waals surface area contributed by atoms with Gasteiger partial charge in [-0.25, -0.2) is 23.8 Å². The fraction of sp³-hybridized carbons (Fsp3) is 0.176. The highest BCUT2D eigenvalue weighted by molar-refractivity contribution is 6.31. The minimum absolute atomic E-state index is 0.0541. The van der Waals surface area contributed by atoms with E-state index in [-0.39, 0.29) is 5.02 Å². The molecule has 0 bridgehead atoms. The lowest BCUT2D eigenvalue weighted by molar-refractivity contribution is 0.252. The molecule has 0 spiro atoms. The fourth-order valence-corrected chi connectivity index (χ4v) is 2.46. The van der Waals surface area contributed by atoms with Crippen molar-refractivity contribution in [2.45, 2.75) is 6.92 Å². The third kappa shape index (κ3) is 5.14. The van der Waals surface area contributed by atoms with Crippen molar-refractivity contribution in [2.24, 2.45) is 0 Å². The van der Waals surface area contributed by atoms with Crippen molar-refractivity contribution in [1.29, 1.82) is 0 Å². The predicted molar refractivity (Wildman–Crippen MR) is 101 cm³/mol. The Morgan fingerprint density at radius 2 is 2.11 bits per heavy atom. The number of aromatic nitrogens is 4. The molecule has 10 heteroatoms. The summed E-state index contributed by atoms with van der Waals surface area (Å²) in [5.41, 5.74) is 0.405. The number of halogens is 2. The number of anilines is 2. The Bertz CT molecular complexity index is 933. The van der Waals surface area contributed by atoms with Crippen LogP contribution in [0.4, 0.5) is 20.7 Å². The van der Waals surface area contributed by atoms with Gasteiger partial charge in [0.15, 0.2) is 5.82 Å². The first-order chi connectivity index (χ1) is 13.0. The van der Waals surface area contributed by atoms with Gasteiger partial charge in [-0.15, -0.1) is 0 Å². The molecule has 3 N–H and O–H groups in total. The normalized spacial score (nSPS) is 10.5. The maximum atomic E-state index is 13.1. The first kappa shape index (κ1) is 18.6. The number of hydrogen-bond donors (Lipinski definition) is 3. The van der Waals surface area contributed by atoms with E-state index in [0.717, 1.165) is 0 Å². The van der Waals surface area contributed by atoms with Gasteiger partial charge in [0.2, 0.25) is 0 Å². The largest absolute Gasteiger partial charge is 0.368 e. The average Bonchev–Trinajstić information content (AvgIpc) is 3.16. The van der Waals surface area contributed by atoms with Crippen LogP contribution >= 0.6 is 11.6 Å². The first-order valence-electron chi connectivity index (χ1n) is 8.11. The van der Waals surface area contributed by atoms with E-state index in [9.17, 15) is 9.18 Å². The standard InChI is InChI=1S/C17H17ClFN7O/c1-11-23-15(10-16(24-11)26-8-2-5-22-26)20-6-7-21-17(27)25-12-3-4-14(19)13(18)9-12/h2-5,8-10H,6-7H2,1H3,(H,20,23,24)(H2,21,25,27). The molecule has 0 aliphatic rings. The molecule has 0 unspecified atom stereocenters. The van der Waals surface area contributed by atoms with E-state index in [1.807, 2.05) is 0 Å². The Morgan fingerprint density at radius 3 is 2.85 bits per heavy atom. The molecule has 0 saturated carbocycles. The summed E-state index contributed by atoms with van der Waals surface area (Å²) >= 11 is 5.68. The average molecular weight is 390 g/mol.